The summed E-state index contributed by atoms with van der Waals surface area (Å²) in [5, 5.41) is 10.5. The summed E-state index contributed by atoms with van der Waals surface area (Å²) in [6.45, 7) is 7.45. The summed E-state index contributed by atoms with van der Waals surface area (Å²) >= 11 is 1.40. The van der Waals surface area contributed by atoms with Gasteiger partial charge in [-0.2, -0.15) is 0 Å². The molecule has 29 heavy (non-hydrogen) atoms. The van der Waals surface area contributed by atoms with Crippen molar-refractivity contribution in [3.05, 3.63) is 54.1 Å². The van der Waals surface area contributed by atoms with Crippen molar-refractivity contribution < 1.29 is 4.79 Å². The molecule has 4 rings (SSSR count). The first-order valence-electron chi connectivity index (χ1n) is 9.73. The minimum absolute atomic E-state index is 0.0994. The molecule has 2 heterocycles. The summed E-state index contributed by atoms with van der Waals surface area (Å²) in [4.78, 5) is 19.2. The highest BCUT2D eigenvalue weighted by atomic mass is 32.2. The van der Waals surface area contributed by atoms with Gasteiger partial charge in [0.1, 0.15) is 5.82 Å². The van der Waals surface area contributed by atoms with Crippen LogP contribution in [0.25, 0.3) is 27.9 Å². The Bertz CT molecular complexity index is 1170. The number of benzene rings is 2. The molecule has 2 aromatic heterocycles. The Kier molecular flexibility index (Phi) is 5.49. The fourth-order valence-corrected chi connectivity index (χ4v) is 4.18. The summed E-state index contributed by atoms with van der Waals surface area (Å²) in [5.74, 6) is 1.20. The number of aryl methyl sites for hydroxylation is 1. The predicted molar refractivity (Wildman–Crippen MR) is 117 cm³/mol. The topological polar surface area (TPSA) is 63.4 Å². The maximum Gasteiger partial charge on any atom is 0.233 e. The number of hydrogen-bond donors (Lipinski definition) is 0. The van der Waals surface area contributed by atoms with E-state index in [2.05, 4.69) is 41.4 Å². The third kappa shape index (κ3) is 3.70. The van der Waals surface area contributed by atoms with Crippen LogP contribution in [0, 0.1) is 6.92 Å². The molecule has 4 aromatic rings. The Morgan fingerprint density at radius 1 is 1.03 bits per heavy atom. The normalized spacial score (nSPS) is 11.3. The monoisotopic (exact) mass is 405 g/mol. The van der Waals surface area contributed by atoms with Gasteiger partial charge in [0.25, 0.3) is 0 Å². The van der Waals surface area contributed by atoms with Crippen molar-refractivity contribution in [2.45, 2.75) is 25.9 Å². The van der Waals surface area contributed by atoms with Crippen LogP contribution in [0.5, 0.6) is 0 Å². The molecule has 0 bridgehead atoms. The van der Waals surface area contributed by atoms with Crippen molar-refractivity contribution in [1.82, 2.24) is 24.5 Å². The average Bonchev–Trinajstić information content (AvgIpc) is 3.17. The van der Waals surface area contributed by atoms with Gasteiger partial charge in [0.2, 0.25) is 5.91 Å². The third-order valence-electron chi connectivity index (χ3n) is 4.97. The van der Waals surface area contributed by atoms with Gasteiger partial charge in [0.05, 0.1) is 11.3 Å². The van der Waals surface area contributed by atoms with Crippen molar-refractivity contribution >= 4 is 34.2 Å². The Morgan fingerprint density at radius 3 is 2.48 bits per heavy atom. The second-order valence-corrected chi connectivity index (χ2v) is 7.76. The lowest BCUT2D eigenvalue weighted by molar-refractivity contribution is -0.127. The summed E-state index contributed by atoms with van der Waals surface area (Å²) < 4.78 is 1.97. The fourth-order valence-electron chi connectivity index (χ4n) is 3.34. The summed E-state index contributed by atoms with van der Waals surface area (Å²) in [6, 6.07) is 16.2. The van der Waals surface area contributed by atoms with Crippen LogP contribution in [0.3, 0.4) is 0 Å². The van der Waals surface area contributed by atoms with Gasteiger partial charge in [-0.15, -0.1) is 10.2 Å². The lowest BCUT2D eigenvalue weighted by atomic mass is 10.1. The van der Waals surface area contributed by atoms with Gasteiger partial charge in [0.15, 0.2) is 10.8 Å². The predicted octanol–water partition coefficient (Wildman–Crippen LogP) is 4.21. The molecule has 0 aliphatic heterocycles. The lowest BCUT2D eigenvalue weighted by Gasteiger charge is -2.18. The van der Waals surface area contributed by atoms with E-state index in [0.717, 1.165) is 27.9 Å². The van der Waals surface area contributed by atoms with Gasteiger partial charge in [-0.05, 0) is 32.9 Å². The Balaban J connectivity index is 1.83. The van der Waals surface area contributed by atoms with Crippen molar-refractivity contribution in [2.24, 2.45) is 0 Å². The Morgan fingerprint density at radius 2 is 1.76 bits per heavy atom. The molecule has 0 aliphatic carbocycles. The second kappa shape index (κ2) is 8.21. The minimum Gasteiger partial charge on any atom is -0.343 e. The number of thioether (sulfide) groups is 1. The maximum absolute atomic E-state index is 12.5. The molecule has 0 unspecified atom stereocenters. The number of rotatable bonds is 6. The van der Waals surface area contributed by atoms with Crippen LogP contribution in [0.4, 0.5) is 0 Å². The molecule has 0 N–H and O–H groups in total. The zero-order valence-corrected chi connectivity index (χ0v) is 17.6. The number of fused-ring (bicyclic) bond motifs is 3. The standard InChI is InChI=1S/C22H23N5OS/c1-4-26(5-2)19(28)14-29-22-25-24-21-17-8-6-7-9-18(17)23-20(27(21)22)16-12-10-15(3)11-13-16/h6-13H,4-5,14H2,1-3H3. The third-order valence-corrected chi connectivity index (χ3v) is 5.88. The van der Waals surface area contributed by atoms with Crippen LogP contribution in [-0.4, -0.2) is 49.2 Å². The van der Waals surface area contributed by atoms with E-state index >= 15 is 0 Å². The van der Waals surface area contributed by atoms with E-state index in [9.17, 15) is 4.79 Å². The second-order valence-electron chi connectivity index (χ2n) is 6.81. The number of hydrogen-bond acceptors (Lipinski definition) is 5. The van der Waals surface area contributed by atoms with Crippen molar-refractivity contribution in [2.75, 3.05) is 18.8 Å². The number of carbonyl (C=O) groups is 1. The SMILES string of the molecule is CCN(CC)C(=O)CSc1nnc2c3ccccc3nc(-c3ccc(C)cc3)n12. The highest BCUT2D eigenvalue weighted by Gasteiger charge is 2.18. The summed E-state index contributed by atoms with van der Waals surface area (Å²) in [5.41, 5.74) is 3.81. The van der Waals surface area contributed by atoms with Gasteiger partial charge in [-0.1, -0.05) is 53.7 Å². The molecule has 148 valence electrons. The highest BCUT2D eigenvalue weighted by molar-refractivity contribution is 7.99. The van der Waals surface area contributed by atoms with Crippen LogP contribution >= 0.6 is 11.8 Å². The number of para-hydroxylation sites is 1. The molecule has 0 saturated carbocycles. The molecule has 0 spiro atoms. The van der Waals surface area contributed by atoms with Gasteiger partial charge in [-0.3, -0.25) is 9.20 Å². The molecule has 0 fully saturated rings. The summed E-state index contributed by atoms with van der Waals surface area (Å²) in [6.07, 6.45) is 0. The fraction of sp³-hybridized carbons (Fsp3) is 0.273. The first-order valence-corrected chi connectivity index (χ1v) is 10.7. The Hall–Kier alpha value is -2.93. The van der Waals surface area contributed by atoms with Crippen LogP contribution in [0.15, 0.2) is 53.7 Å². The van der Waals surface area contributed by atoms with Crippen molar-refractivity contribution in [3.8, 4) is 11.4 Å². The van der Waals surface area contributed by atoms with Crippen LogP contribution in [-0.2, 0) is 4.79 Å². The van der Waals surface area contributed by atoms with E-state index in [0.29, 0.717) is 24.0 Å². The molecule has 6 nitrogen and oxygen atoms in total. The molecular formula is C22H23N5OS. The minimum atomic E-state index is 0.0994. The van der Waals surface area contributed by atoms with E-state index in [1.54, 1.807) is 0 Å². The lowest BCUT2D eigenvalue weighted by Crippen LogP contribution is -2.31. The van der Waals surface area contributed by atoms with E-state index in [-0.39, 0.29) is 5.91 Å². The molecule has 0 saturated heterocycles. The summed E-state index contributed by atoms with van der Waals surface area (Å²) in [7, 11) is 0. The molecule has 1 amide bonds. The van der Waals surface area contributed by atoms with E-state index in [1.807, 2.05) is 47.4 Å². The molecule has 2 aromatic carbocycles. The van der Waals surface area contributed by atoms with Crippen LogP contribution in [0.2, 0.25) is 0 Å². The zero-order chi connectivity index (χ0) is 20.4. The maximum atomic E-state index is 12.5. The first kappa shape index (κ1) is 19.4. The number of aromatic nitrogens is 4. The van der Waals surface area contributed by atoms with E-state index < -0.39 is 0 Å². The zero-order valence-electron chi connectivity index (χ0n) is 16.8. The smallest absolute Gasteiger partial charge is 0.233 e. The van der Waals surface area contributed by atoms with E-state index in [1.165, 1.54) is 17.3 Å². The van der Waals surface area contributed by atoms with E-state index in [4.69, 9.17) is 4.98 Å². The number of nitrogens with zero attached hydrogens (tertiary/aromatic N) is 5. The molecule has 0 radical (unpaired) electrons. The molecular weight excluding hydrogens is 382 g/mol. The Labute approximate surface area is 174 Å². The quantitative estimate of drug-likeness (QED) is 0.450. The average molecular weight is 406 g/mol. The van der Waals surface area contributed by atoms with Gasteiger partial charge in [0, 0.05) is 24.0 Å². The first-order chi connectivity index (χ1) is 14.1. The van der Waals surface area contributed by atoms with Crippen molar-refractivity contribution in [3.63, 3.8) is 0 Å². The molecule has 0 aliphatic rings. The van der Waals surface area contributed by atoms with Crippen LogP contribution in [0.1, 0.15) is 19.4 Å². The van der Waals surface area contributed by atoms with Crippen molar-refractivity contribution in [1.29, 1.82) is 0 Å². The molecule has 0 atom stereocenters. The number of amides is 1. The largest absolute Gasteiger partial charge is 0.343 e. The van der Waals surface area contributed by atoms with Gasteiger partial charge < -0.3 is 4.90 Å². The highest BCUT2D eigenvalue weighted by Crippen LogP contribution is 2.29. The van der Waals surface area contributed by atoms with Gasteiger partial charge in [-0.25, -0.2) is 4.98 Å². The van der Waals surface area contributed by atoms with Crippen LogP contribution < -0.4 is 0 Å². The number of carbonyl (C=O) groups excluding carboxylic acids is 1. The molecule has 7 heteroatoms. The van der Waals surface area contributed by atoms with Gasteiger partial charge >= 0.3 is 0 Å².